The van der Waals surface area contributed by atoms with E-state index in [9.17, 15) is 0 Å². The summed E-state index contributed by atoms with van der Waals surface area (Å²) < 4.78 is 4.91. The van der Waals surface area contributed by atoms with Gasteiger partial charge in [0, 0.05) is 19.7 Å². The van der Waals surface area contributed by atoms with E-state index >= 15 is 0 Å². The van der Waals surface area contributed by atoms with Gasteiger partial charge in [0.25, 0.3) is 0 Å². The average Bonchev–Trinajstić information content (AvgIpc) is 1.69. The van der Waals surface area contributed by atoms with Crippen molar-refractivity contribution in [3.63, 3.8) is 0 Å². The molecule has 0 heterocycles. The molecule has 0 radical (unpaired) electrons. The van der Waals surface area contributed by atoms with Gasteiger partial charge < -0.3 is 16.2 Å². The van der Waals surface area contributed by atoms with Crippen molar-refractivity contribution in [2.24, 2.45) is 11.5 Å². The molecule has 0 aromatic carbocycles. The van der Waals surface area contributed by atoms with E-state index in [1.165, 1.54) is 0 Å². The lowest BCUT2D eigenvalue weighted by Crippen LogP contribution is -2.38. The summed E-state index contributed by atoms with van der Waals surface area (Å²) in [6.45, 7) is 2.37. The third-order valence-corrected chi connectivity index (χ3v) is 1.12. The molecule has 3 nitrogen and oxygen atoms in total. The maximum absolute atomic E-state index is 5.45. The highest BCUT2D eigenvalue weighted by Crippen LogP contribution is 1.89. The van der Waals surface area contributed by atoms with Crippen LogP contribution >= 0.6 is 0 Å². The average molecular weight is 118 g/mol. The van der Waals surface area contributed by atoms with Gasteiger partial charge in [0.15, 0.2) is 0 Å². The van der Waals surface area contributed by atoms with Gasteiger partial charge in [-0.25, -0.2) is 0 Å². The molecule has 0 aliphatic rings. The summed E-state index contributed by atoms with van der Waals surface area (Å²) >= 11 is 0. The van der Waals surface area contributed by atoms with E-state index in [4.69, 9.17) is 16.2 Å². The largest absolute Gasteiger partial charge is 0.379 e. The summed E-state index contributed by atoms with van der Waals surface area (Å²) in [5.41, 5.74) is 10.7. The van der Waals surface area contributed by atoms with Crippen molar-refractivity contribution in [3.8, 4) is 0 Å². The quantitative estimate of drug-likeness (QED) is 0.515. The van der Waals surface area contributed by atoms with Gasteiger partial charge in [-0.15, -0.1) is 0 Å². The van der Waals surface area contributed by atoms with Crippen molar-refractivity contribution in [1.29, 1.82) is 0 Å². The lowest BCUT2D eigenvalue weighted by atomic mass is 10.2. The molecule has 2 atom stereocenters. The van der Waals surface area contributed by atoms with Gasteiger partial charge in [-0.3, -0.25) is 0 Å². The van der Waals surface area contributed by atoms with Crippen molar-refractivity contribution < 1.29 is 4.74 Å². The van der Waals surface area contributed by atoms with E-state index in [-0.39, 0.29) is 12.1 Å². The summed E-state index contributed by atoms with van der Waals surface area (Å²) in [7, 11) is 1.61. The summed E-state index contributed by atoms with van der Waals surface area (Å²) in [5.74, 6) is 0. The molecule has 0 fully saturated rings. The van der Waals surface area contributed by atoms with Crippen molar-refractivity contribution in [2.75, 3.05) is 13.7 Å². The number of ether oxygens (including phenoxy) is 1. The van der Waals surface area contributed by atoms with Crippen molar-refractivity contribution in [3.05, 3.63) is 0 Å². The molecule has 0 saturated carbocycles. The normalized spacial score (nSPS) is 18.0. The van der Waals surface area contributed by atoms with Crippen LogP contribution < -0.4 is 11.5 Å². The fourth-order valence-electron chi connectivity index (χ4n) is 0.526. The Morgan fingerprint density at radius 1 is 1.62 bits per heavy atom. The van der Waals surface area contributed by atoms with E-state index in [0.717, 1.165) is 0 Å². The van der Waals surface area contributed by atoms with E-state index in [1.807, 2.05) is 6.92 Å². The Kier molecular flexibility index (Phi) is 3.77. The number of methoxy groups -OCH3 is 1. The maximum atomic E-state index is 5.45. The van der Waals surface area contributed by atoms with Crippen LogP contribution in [-0.2, 0) is 4.74 Å². The van der Waals surface area contributed by atoms with Crippen molar-refractivity contribution >= 4 is 0 Å². The van der Waals surface area contributed by atoms with Gasteiger partial charge in [-0.1, -0.05) is 0 Å². The molecule has 0 aliphatic carbocycles. The number of hydrogen-bond donors (Lipinski definition) is 2. The molecule has 50 valence electrons. The molecule has 0 rings (SSSR count). The van der Waals surface area contributed by atoms with Gasteiger partial charge in [0.05, 0.1) is 6.10 Å². The fraction of sp³-hybridized carbons (Fsp3) is 1.00. The summed E-state index contributed by atoms with van der Waals surface area (Å²) in [5, 5.41) is 0. The Bertz CT molecular complexity index is 52.4. The Labute approximate surface area is 50.0 Å². The molecule has 0 bridgehead atoms. The monoisotopic (exact) mass is 118 g/mol. The lowest BCUT2D eigenvalue weighted by molar-refractivity contribution is 0.0921. The predicted octanol–water partition coefficient (Wildman–Crippen LogP) is -0.693. The smallest absolute Gasteiger partial charge is 0.0841 e. The first-order valence-electron chi connectivity index (χ1n) is 2.70. The minimum atomic E-state index is 0.00926. The Hall–Kier alpha value is -0.120. The van der Waals surface area contributed by atoms with Crippen molar-refractivity contribution in [2.45, 2.75) is 19.1 Å². The van der Waals surface area contributed by atoms with Crippen LogP contribution in [0.25, 0.3) is 0 Å². The minimum absolute atomic E-state index is 0.00926. The number of hydrogen-bond acceptors (Lipinski definition) is 3. The SMILES string of the molecule is COC(CN)C(C)N. The second kappa shape index (κ2) is 3.83. The molecule has 3 heteroatoms. The van der Waals surface area contributed by atoms with Crippen LogP contribution in [0.2, 0.25) is 0 Å². The minimum Gasteiger partial charge on any atom is -0.379 e. The fourth-order valence-corrected chi connectivity index (χ4v) is 0.526. The lowest BCUT2D eigenvalue weighted by Gasteiger charge is -2.15. The second-order valence-corrected chi connectivity index (χ2v) is 1.87. The molecule has 8 heavy (non-hydrogen) atoms. The Morgan fingerprint density at radius 3 is 2.12 bits per heavy atom. The third-order valence-electron chi connectivity index (χ3n) is 1.12. The van der Waals surface area contributed by atoms with Gasteiger partial charge in [-0.2, -0.15) is 0 Å². The highest BCUT2D eigenvalue weighted by atomic mass is 16.5. The first kappa shape index (κ1) is 7.88. The standard InChI is InChI=1S/C5H14N2O/c1-4(7)5(3-6)8-2/h4-5H,3,6-7H2,1-2H3. The molecule has 4 N–H and O–H groups in total. The predicted molar refractivity (Wildman–Crippen MR) is 33.5 cm³/mol. The zero-order chi connectivity index (χ0) is 6.57. The van der Waals surface area contributed by atoms with Crippen LogP contribution in [0, 0.1) is 0 Å². The first-order chi connectivity index (χ1) is 3.72. The van der Waals surface area contributed by atoms with Gasteiger partial charge >= 0.3 is 0 Å². The summed E-state index contributed by atoms with van der Waals surface area (Å²) in [6.07, 6.45) is 0.00926. The van der Waals surface area contributed by atoms with Crippen LogP contribution in [0.1, 0.15) is 6.92 Å². The van der Waals surface area contributed by atoms with E-state index in [0.29, 0.717) is 6.54 Å². The molecular weight excluding hydrogens is 104 g/mol. The van der Waals surface area contributed by atoms with Crippen LogP contribution in [0.3, 0.4) is 0 Å². The van der Waals surface area contributed by atoms with Crippen LogP contribution in [0.5, 0.6) is 0 Å². The molecule has 0 aliphatic heterocycles. The number of nitrogens with two attached hydrogens (primary N) is 2. The van der Waals surface area contributed by atoms with Gasteiger partial charge in [0.2, 0.25) is 0 Å². The molecule has 0 amide bonds. The number of rotatable bonds is 3. The highest BCUT2D eigenvalue weighted by molar-refractivity contribution is 4.67. The third kappa shape index (κ3) is 2.26. The van der Waals surface area contributed by atoms with Gasteiger partial charge in [0.1, 0.15) is 0 Å². The summed E-state index contributed by atoms with van der Waals surface area (Å²) in [6, 6.07) is 0.0324. The van der Waals surface area contributed by atoms with Crippen LogP contribution in [0.15, 0.2) is 0 Å². The summed E-state index contributed by atoms with van der Waals surface area (Å²) in [4.78, 5) is 0. The Balaban J connectivity index is 3.35. The second-order valence-electron chi connectivity index (χ2n) is 1.87. The Morgan fingerprint density at radius 2 is 2.12 bits per heavy atom. The van der Waals surface area contributed by atoms with E-state index in [2.05, 4.69) is 0 Å². The molecule has 2 unspecified atom stereocenters. The molecule has 0 spiro atoms. The maximum Gasteiger partial charge on any atom is 0.0841 e. The molecule has 0 aromatic rings. The van der Waals surface area contributed by atoms with E-state index < -0.39 is 0 Å². The zero-order valence-electron chi connectivity index (χ0n) is 5.42. The molecule has 0 saturated heterocycles. The van der Waals surface area contributed by atoms with Gasteiger partial charge in [-0.05, 0) is 6.92 Å². The molecule has 0 aromatic heterocycles. The first-order valence-corrected chi connectivity index (χ1v) is 2.70. The van der Waals surface area contributed by atoms with Crippen LogP contribution in [-0.4, -0.2) is 25.8 Å². The zero-order valence-corrected chi connectivity index (χ0v) is 5.42. The molecular formula is C5H14N2O. The van der Waals surface area contributed by atoms with Crippen molar-refractivity contribution in [1.82, 2.24) is 0 Å². The topological polar surface area (TPSA) is 61.3 Å². The van der Waals surface area contributed by atoms with Crippen LogP contribution in [0.4, 0.5) is 0 Å². The highest BCUT2D eigenvalue weighted by Gasteiger charge is 2.08. The van der Waals surface area contributed by atoms with E-state index in [1.54, 1.807) is 7.11 Å².